The first-order chi connectivity index (χ1) is 18.8. The van der Waals surface area contributed by atoms with Crippen molar-refractivity contribution in [3.05, 3.63) is 42.2 Å². The molecule has 39 heavy (non-hydrogen) atoms. The van der Waals surface area contributed by atoms with Crippen molar-refractivity contribution in [1.82, 2.24) is 30.1 Å². The lowest BCUT2D eigenvalue weighted by Gasteiger charge is -2.38. The van der Waals surface area contributed by atoms with E-state index in [0.717, 1.165) is 16.9 Å². The number of piperidine rings is 1. The average molecular weight is 552 g/mol. The Hall–Kier alpha value is -4.22. The van der Waals surface area contributed by atoms with Gasteiger partial charge < -0.3 is 20.3 Å². The Labute approximate surface area is 225 Å². The molecular formula is C25H23F2N9O2S. The highest BCUT2D eigenvalue weighted by molar-refractivity contribution is 7.18. The van der Waals surface area contributed by atoms with Crippen LogP contribution in [0, 0.1) is 11.3 Å². The van der Waals surface area contributed by atoms with E-state index in [4.69, 9.17) is 10.00 Å². The summed E-state index contributed by atoms with van der Waals surface area (Å²) >= 11 is 1.21. The minimum absolute atomic E-state index is 0.0986. The summed E-state index contributed by atoms with van der Waals surface area (Å²) in [6.07, 6.45) is 3.28. The fourth-order valence-electron chi connectivity index (χ4n) is 4.66. The summed E-state index contributed by atoms with van der Waals surface area (Å²) in [6.45, 7) is 2.11. The van der Waals surface area contributed by atoms with Crippen molar-refractivity contribution in [1.29, 1.82) is 5.26 Å². The number of carbonyl (C=O) groups excluding carboxylic acids is 1. The summed E-state index contributed by atoms with van der Waals surface area (Å²) in [5, 5.41) is 28.8. The van der Waals surface area contributed by atoms with Gasteiger partial charge in [0.2, 0.25) is 11.0 Å². The number of nitriles is 1. The first-order valence-electron chi connectivity index (χ1n) is 12.3. The van der Waals surface area contributed by atoms with Crippen LogP contribution in [-0.4, -0.2) is 75.0 Å². The van der Waals surface area contributed by atoms with Crippen molar-refractivity contribution in [3.63, 3.8) is 0 Å². The van der Waals surface area contributed by atoms with Crippen molar-refractivity contribution in [2.24, 2.45) is 0 Å². The number of carbonyl (C=O) groups is 1. The minimum atomic E-state index is -3.10. The van der Waals surface area contributed by atoms with Gasteiger partial charge in [0.1, 0.15) is 6.07 Å². The molecule has 0 aliphatic carbocycles. The van der Waals surface area contributed by atoms with Crippen LogP contribution < -0.4 is 15.5 Å². The summed E-state index contributed by atoms with van der Waals surface area (Å²) in [5.74, 6) is -3.58. The molecule has 2 fully saturated rings. The van der Waals surface area contributed by atoms with E-state index in [9.17, 15) is 13.6 Å². The molecule has 6 heterocycles. The standard InChI is InChI=1S/C25H23F2N9O2S/c1-14(37)31-22-4-5-35(13-25(22,26)27)24-34-33-23(39-24)18-10-29-20(7-19(18)32-16-11-38-12-16)21-3-2-17-6-15(8-28)9-30-36(17)21/h2-3,6-7,9-10,16,22H,4-5,11-13H2,1H3,(H,29,32)(H,31,37). The van der Waals surface area contributed by atoms with E-state index in [2.05, 4.69) is 37.0 Å². The zero-order chi connectivity index (χ0) is 27.1. The predicted molar refractivity (Wildman–Crippen MR) is 140 cm³/mol. The van der Waals surface area contributed by atoms with E-state index in [0.29, 0.717) is 46.7 Å². The molecule has 4 aromatic rings. The van der Waals surface area contributed by atoms with E-state index in [1.54, 1.807) is 16.8 Å². The Kier molecular flexibility index (Phi) is 6.32. The molecular weight excluding hydrogens is 528 g/mol. The highest BCUT2D eigenvalue weighted by atomic mass is 32.1. The topological polar surface area (TPSA) is 133 Å². The van der Waals surface area contributed by atoms with Gasteiger partial charge in [-0.15, -0.1) is 10.2 Å². The number of anilines is 2. The van der Waals surface area contributed by atoms with Crippen LogP contribution in [0.4, 0.5) is 19.6 Å². The quantitative estimate of drug-likeness (QED) is 0.371. The molecule has 11 nitrogen and oxygen atoms in total. The molecule has 200 valence electrons. The molecule has 2 aliphatic heterocycles. The van der Waals surface area contributed by atoms with Gasteiger partial charge in [0.15, 0.2) is 5.01 Å². The fraction of sp³-hybridized carbons (Fsp3) is 0.360. The molecule has 2 N–H and O–H groups in total. The van der Waals surface area contributed by atoms with Gasteiger partial charge in [-0.1, -0.05) is 11.3 Å². The predicted octanol–water partition coefficient (Wildman–Crippen LogP) is 2.95. The van der Waals surface area contributed by atoms with Crippen molar-refractivity contribution in [2.45, 2.75) is 31.4 Å². The first kappa shape index (κ1) is 25.1. The van der Waals surface area contributed by atoms with E-state index in [1.807, 2.05) is 18.2 Å². The summed E-state index contributed by atoms with van der Waals surface area (Å²) < 4.78 is 36.5. The number of aromatic nitrogens is 5. The summed E-state index contributed by atoms with van der Waals surface area (Å²) in [4.78, 5) is 17.5. The number of pyridine rings is 1. The summed E-state index contributed by atoms with van der Waals surface area (Å²) in [5.41, 5.74) is 4.08. The van der Waals surface area contributed by atoms with Gasteiger partial charge in [-0.2, -0.15) is 10.4 Å². The van der Waals surface area contributed by atoms with Gasteiger partial charge in [-0.25, -0.2) is 13.3 Å². The zero-order valence-corrected chi connectivity index (χ0v) is 21.6. The molecule has 0 aromatic carbocycles. The van der Waals surface area contributed by atoms with E-state index in [-0.39, 0.29) is 12.5 Å². The highest BCUT2D eigenvalue weighted by Gasteiger charge is 2.46. The maximum absolute atomic E-state index is 14.7. The number of rotatable bonds is 6. The number of hydrogen-bond donors (Lipinski definition) is 2. The Balaban J connectivity index is 1.30. The third-order valence-corrected chi connectivity index (χ3v) is 7.70. The van der Waals surface area contributed by atoms with Crippen LogP contribution in [0.2, 0.25) is 0 Å². The summed E-state index contributed by atoms with van der Waals surface area (Å²) in [7, 11) is 0. The minimum Gasteiger partial charge on any atom is -0.377 e. The second-order valence-corrected chi connectivity index (χ2v) is 10.5. The molecule has 6 rings (SSSR count). The SMILES string of the molecule is CC(=O)NC1CCN(c2nnc(-c3cnc(-c4ccc5cc(C#N)cnn45)cc3NC3COC3)s2)CC1(F)F. The molecule has 0 spiro atoms. The molecule has 1 atom stereocenters. The molecule has 0 radical (unpaired) electrons. The molecule has 1 unspecified atom stereocenters. The molecule has 1 amide bonds. The van der Waals surface area contributed by atoms with Crippen LogP contribution in [-0.2, 0) is 9.53 Å². The largest absolute Gasteiger partial charge is 0.377 e. The normalized spacial score (nSPS) is 18.9. The molecule has 14 heteroatoms. The third-order valence-electron chi connectivity index (χ3n) is 6.69. The van der Waals surface area contributed by atoms with Crippen molar-refractivity contribution >= 4 is 33.6 Å². The first-order valence-corrected chi connectivity index (χ1v) is 13.1. The number of hydrogen-bond acceptors (Lipinski definition) is 10. The highest BCUT2D eigenvalue weighted by Crippen LogP contribution is 2.38. The number of halogens is 2. The van der Waals surface area contributed by atoms with Crippen LogP contribution in [0.15, 0.2) is 36.7 Å². The molecule has 0 bridgehead atoms. The number of nitrogens with one attached hydrogen (secondary N) is 2. The van der Waals surface area contributed by atoms with Crippen LogP contribution in [0.25, 0.3) is 27.5 Å². The summed E-state index contributed by atoms with van der Waals surface area (Å²) in [6, 6.07) is 8.39. The number of nitrogens with zero attached hydrogens (tertiary/aromatic N) is 7. The van der Waals surface area contributed by atoms with Crippen molar-refractivity contribution in [2.75, 3.05) is 36.5 Å². The van der Waals surface area contributed by atoms with Gasteiger partial charge in [0.25, 0.3) is 5.92 Å². The molecule has 0 saturated carbocycles. The Morgan fingerprint density at radius 1 is 1.26 bits per heavy atom. The average Bonchev–Trinajstić information content (AvgIpc) is 3.54. The van der Waals surface area contributed by atoms with Crippen LogP contribution in [0.1, 0.15) is 18.9 Å². The van der Waals surface area contributed by atoms with Gasteiger partial charge in [0, 0.05) is 25.4 Å². The fourth-order valence-corrected chi connectivity index (χ4v) is 5.55. The van der Waals surface area contributed by atoms with Gasteiger partial charge in [-0.05, 0) is 30.7 Å². The Morgan fingerprint density at radius 2 is 2.10 bits per heavy atom. The van der Waals surface area contributed by atoms with Gasteiger partial charge >= 0.3 is 0 Å². The lowest BCUT2D eigenvalue weighted by molar-refractivity contribution is -0.124. The van der Waals surface area contributed by atoms with Crippen LogP contribution in [0.3, 0.4) is 0 Å². The lowest BCUT2D eigenvalue weighted by Crippen LogP contribution is -2.58. The second-order valence-electron chi connectivity index (χ2n) is 9.52. The van der Waals surface area contributed by atoms with E-state index < -0.39 is 24.4 Å². The Bertz CT molecular complexity index is 1590. The van der Waals surface area contributed by atoms with Gasteiger partial charge in [-0.3, -0.25) is 9.78 Å². The zero-order valence-electron chi connectivity index (χ0n) is 20.8. The molecule has 4 aromatic heterocycles. The van der Waals surface area contributed by atoms with Crippen LogP contribution in [0.5, 0.6) is 0 Å². The van der Waals surface area contributed by atoms with E-state index in [1.165, 1.54) is 29.4 Å². The van der Waals surface area contributed by atoms with Gasteiger partial charge in [0.05, 0.1) is 66.1 Å². The Morgan fingerprint density at radius 3 is 2.82 bits per heavy atom. The lowest BCUT2D eigenvalue weighted by atomic mass is 10.0. The maximum atomic E-state index is 14.7. The smallest absolute Gasteiger partial charge is 0.285 e. The number of amides is 1. The van der Waals surface area contributed by atoms with E-state index >= 15 is 0 Å². The number of alkyl halides is 2. The molecule has 2 aliphatic rings. The van der Waals surface area contributed by atoms with Crippen molar-refractivity contribution < 1.29 is 18.3 Å². The van der Waals surface area contributed by atoms with Crippen LogP contribution >= 0.6 is 11.3 Å². The second kappa shape index (κ2) is 9.83. The monoisotopic (exact) mass is 551 g/mol. The number of ether oxygens (including phenoxy) is 1. The number of fused-ring (bicyclic) bond motifs is 1. The third kappa shape index (κ3) is 4.86. The molecule has 2 saturated heterocycles. The maximum Gasteiger partial charge on any atom is 0.285 e. The van der Waals surface area contributed by atoms with Crippen molar-refractivity contribution in [3.8, 4) is 28.0 Å².